The Morgan fingerprint density at radius 2 is 1.44 bits per heavy atom. The first-order valence-electron chi connectivity index (χ1n) is 16.3. The van der Waals surface area contributed by atoms with Crippen molar-refractivity contribution >= 4 is 75.1 Å². The van der Waals surface area contributed by atoms with Gasteiger partial charge in [-0.25, -0.2) is 4.79 Å². The van der Waals surface area contributed by atoms with E-state index < -0.39 is 29.6 Å². The van der Waals surface area contributed by atoms with Crippen LogP contribution in [0, 0.1) is 6.92 Å². The van der Waals surface area contributed by atoms with Gasteiger partial charge < -0.3 is 35.5 Å². The summed E-state index contributed by atoms with van der Waals surface area (Å²) in [6, 6.07) is 29.3. The molecule has 4 amide bonds. The van der Waals surface area contributed by atoms with Crippen molar-refractivity contribution in [3.8, 4) is 11.5 Å². The largest absolute Gasteiger partial charge is 0.497 e. The summed E-state index contributed by atoms with van der Waals surface area (Å²) in [5, 5.41) is 11.3. The summed E-state index contributed by atoms with van der Waals surface area (Å²) >= 11 is 2.16. The molecule has 54 heavy (non-hydrogen) atoms. The molecule has 0 aliphatic heterocycles. The highest BCUT2D eigenvalue weighted by molar-refractivity contribution is 8.00. The lowest BCUT2D eigenvalue weighted by atomic mass is 10.1. The smallest absolute Gasteiger partial charge is 0.341 e. The first-order chi connectivity index (χ1) is 26.1. The second-order valence-corrected chi connectivity index (χ2v) is 13.4. The number of hydrogen-bond donors (Lipinski definition) is 4. The molecule has 14 heteroatoms. The third-order valence-corrected chi connectivity index (χ3v) is 9.96. The predicted molar refractivity (Wildman–Crippen MR) is 211 cm³/mol. The van der Waals surface area contributed by atoms with E-state index in [2.05, 4.69) is 21.3 Å². The molecular formula is C40H36N4O8S2. The van der Waals surface area contributed by atoms with Crippen molar-refractivity contribution in [2.75, 3.05) is 43.0 Å². The van der Waals surface area contributed by atoms with E-state index in [1.807, 2.05) is 6.07 Å². The summed E-state index contributed by atoms with van der Waals surface area (Å²) < 4.78 is 15.7. The number of esters is 1. The van der Waals surface area contributed by atoms with Gasteiger partial charge in [-0.3, -0.25) is 19.2 Å². The van der Waals surface area contributed by atoms with E-state index in [1.165, 1.54) is 39.2 Å². The number of thioether (sulfide) groups is 1. The van der Waals surface area contributed by atoms with E-state index >= 15 is 0 Å². The lowest BCUT2D eigenvalue weighted by molar-refractivity contribution is -0.114. The highest BCUT2D eigenvalue weighted by Crippen LogP contribution is 2.35. The Labute approximate surface area is 319 Å². The molecular weight excluding hydrogens is 729 g/mol. The molecule has 0 unspecified atom stereocenters. The first kappa shape index (κ1) is 38.8. The van der Waals surface area contributed by atoms with Crippen LogP contribution in [0.25, 0.3) is 6.08 Å². The summed E-state index contributed by atoms with van der Waals surface area (Å²) in [4.78, 5) is 66.7. The molecule has 0 saturated heterocycles. The molecule has 0 aliphatic carbocycles. The molecule has 5 rings (SSSR count). The first-order valence-corrected chi connectivity index (χ1v) is 18.1. The standard InChI is InChI=1S/C40H36N4O8S2/c1-24-34(40(49)52-4)39(54-35(24)38(48)41-27-14-9-6-10-15-27)44-33(45)23-53-30-17-11-16-28(21-30)42-37(47)31(43-36(46)25-12-7-5-8-13-25)20-26-18-19-29(50-2)22-32(26)51-3/h5-22H,23H2,1-4H3,(H,41,48)(H,42,47)(H,43,46)(H,44,45)/b31-20+. The predicted octanol–water partition coefficient (Wildman–Crippen LogP) is 7.25. The molecule has 0 spiro atoms. The van der Waals surface area contributed by atoms with Crippen molar-refractivity contribution in [1.29, 1.82) is 0 Å². The van der Waals surface area contributed by atoms with Gasteiger partial charge in [0.15, 0.2) is 0 Å². The van der Waals surface area contributed by atoms with Crippen LogP contribution < -0.4 is 30.7 Å². The summed E-state index contributed by atoms with van der Waals surface area (Å²) in [6.45, 7) is 1.62. The molecule has 0 radical (unpaired) electrons. The topological polar surface area (TPSA) is 161 Å². The number of amides is 4. The van der Waals surface area contributed by atoms with Crippen molar-refractivity contribution in [2.24, 2.45) is 0 Å². The van der Waals surface area contributed by atoms with E-state index in [0.29, 0.717) is 44.5 Å². The number of para-hydroxylation sites is 1. The van der Waals surface area contributed by atoms with Crippen LogP contribution in [0.1, 0.15) is 41.5 Å². The normalized spacial score (nSPS) is 10.9. The number of nitrogens with one attached hydrogen (secondary N) is 4. The van der Waals surface area contributed by atoms with Crippen LogP contribution in [0.3, 0.4) is 0 Å². The lowest BCUT2D eigenvalue weighted by Crippen LogP contribution is -2.30. The van der Waals surface area contributed by atoms with Crippen molar-refractivity contribution < 1.29 is 38.2 Å². The van der Waals surface area contributed by atoms with Gasteiger partial charge in [-0.2, -0.15) is 0 Å². The monoisotopic (exact) mass is 764 g/mol. The molecule has 0 fully saturated rings. The minimum Gasteiger partial charge on any atom is -0.497 e. The molecule has 0 atom stereocenters. The molecule has 0 aliphatic rings. The van der Waals surface area contributed by atoms with Crippen molar-refractivity contribution in [3.05, 3.63) is 136 Å². The van der Waals surface area contributed by atoms with Gasteiger partial charge in [0.25, 0.3) is 17.7 Å². The molecule has 4 aromatic carbocycles. The van der Waals surface area contributed by atoms with Crippen molar-refractivity contribution in [2.45, 2.75) is 11.8 Å². The summed E-state index contributed by atoms with van der Waals surface area (Å²) in [5.74, 6) is -1.72. The van der Waals surface area contributed by atoms with Crippen LogP contribution in [0.5, 0.6) is 11.5 Å². The fraction of sp³-hybridized carbons (Fsp3) is 0.125. The van der Waals surface area contributed by atoms with Crippen LogP contribution in [0.15, 0.2) is 114 Å². The maximum Gasteiger partial charge on any atom is 0.341 e. The maximum atomic E-state index is 13.7. The van der Waals surface area contributed by atoms with E-state index in [0.717, 1.165) is 11.3 Å². The molecule has 276 valence electrons. The number of hydrogen-bond acceptors (Lipinski definition) is 10. The van der Waals surface area contributed by atoms with Gasteiger partial charge in [-0.05, 0) is 73.2 Å². The summed E-state index contributed by atoms with van der Waals surface area (Å²) in [5.41, 5.74) is 2.30. The highest BCUT2D eigenvalue weighted by Gasteiger charge is 2.26. The summed E-state index contributed by atoms with van der Waals surface area (Å²) in [6.07, 6.45) is 1.50. The second-order valence-electron chi connectivity index (χ2n) is 11.4. The zero-order chi connectivity index (χ0) is 38.6. The Hall–Kier alpha value is -6.38. The lowest BCUT2D eigenvalue weighted by Gasteiger charge is -2.13. The number of thiophene rings is 1. The highest BCUT2D eigenvalue weighted by atomic mass is 32.2. The number of ether oxygens (including phenoxy) is 3. The molecule has 1 aromatic heterocycles. The van der Waals surface area contributed by atoms with Crippen LogP contribution in [-0.4, -0.2) is 56.7 Å². The third kappa shape index (κ3) is 9.93. The van der Waals surface area contributed by atoms with Gasteiger partial charge in [-0.1, -0.05) is 42.5 Å². The average molecular weight is 765 g/mol. The Morgan fingerprint density at radius 1 is 0.741 bits per heavy atom. The number of methoxy groups -OCH3 is 3. The Morgan fingerprint density at radius 3 is 2.13 bits per heavy atom. The zero-order valence-corrected chi connectivity index (χ0v) is 31.3. The van der Waals surface area contributed by atoms with Gasteiger partial charge >= 0.3 is 5.97 Å². The molecule has 4 N–H and O–H groups in total. The zero-order valence-electron chi connectivity index (χ0n) is 29.7. The Bertz CT molecular complexity index is 2200. The quantitative estimate of drug-likeness (QED) is 0.0519. The van der Waals surface area contributed by atoms with Crippen molar-refractivity contribution in [3.63, 3.8) is 0 Å². The van der Waals surface area contributed by atoms with Gasteiger partial charge in [0.2, 0.25) is 5.91 Å². The minimum absolute atomic E-state index is 0.0470. The SMILES string of the molecule is COC(=O)c1c(NC(=O)CSc2cccc(NC(=O)/C(=C\c3ccc(OC)cc3OC)NC(=O)c3ccccc3)c2)sc(C(=O)Nc2ccccc2)c1C. The van der Waals surface area contributed by atoms with Crippen molar-refractivity contribution in [1.82, 2.24) is 5.32 Å². The maximum absolute atomic E-state index is 13.7. The van der Waals surface area contributed by atoms with Gasteiger partial charge in [-0.15, -0.1) is 23.1 Å². The van der Waals surface area contributed by atoms with Crippen LogP contribution >= 0.6 is 23.1 Å². The molecule has 0 bridgehead atoms. The number of carbonyl (C=O) groups is 5. The third-order valence-electron chi connectivity index (χ3n) is 7.76. The fourth-order valence-corrected chi connectivity index (χ4v) is 6.95. The van der Waals surface area contributed by atoms with E-state index in [1.54, 1.807) is 104 Å². The molecule has 1 heterocycles. The molecule has 12 nitrogen and oxygen atoms in total. The van der Waals surface area contributed by atoms with Crippen LogP contribution in [-0.2, 0) is 14.3 Å². The Kier molecular flexibility index (Phi) is 13.2. The van der Waals surface area contributed by atoms with E-state index in [-0.39, 0.29) is 26.9 Å². The van der Waals surface area contributed by atoms with E-state index in [9.17, 15) is 24.0 Å². The number of rotatable bonds is 14. The minimum atomic E-state index is -0.687. The fourth-order valence-electron chi connectivity index (χ4n) is 5.08. The molecule has 0 saturated carbocycles. The van der Waals surface area contributed by atoms with Crippen LogP contribution in [0.4, 0.5) is 16.4 Å². The number of carbonyl (C=O) groups excluding carboxylic acids is 5. The second kappa shape index (κ2) is 18.4. The average Bonchev–Trinajstić information content (AvgIpc) is 3.52. The van der Waals surface area contributed by atoms with Crippen LogP contribution in [0.2, 0.25) is 0 Å². The summed E-state index contributed by atoms with van der Waals surface area (Å²) in [7, 11) is 4.24. The van der Waals surface area contributed by atoms with Gasteiger partial charge in [0.1, 0.15) is 22.2 Å². The Balaban J connectivity index is 1.30. The number of benzene rings is 4. The van der Waals surface area contributed by atoms with Gasteiger partial charge in [0.05, 0.1) is 37.5 Å². The molecule has 5 aromatic rings. The van der Waals surface area contributed by atoms with E-state index in [4.69, 9.17) is 14.2 Å². The number of anilines is 3. The van der Waals surface area contributed by atoms with Gasteiger partial charge in [0, 0.05) is 33.5 Å².